The Morgan fingerprint density at radius 2 is 2.04 bits per heavy atom. The average molecular weight is 379 g/mol. The van der Waals surface area contributed by atoms with E-state index >= 15 is 0 Å². The number of nitrogens with zero attached hydrogens (tertiary/aromatic N) is 4. The van der Waals surface area contributed by atoms with E-state index in [1.54, 1.807) is 0 Å². The molecule has 2 aromatic heterocycles. The Balaban J connectivity index is 1.77. The van der Waals surface area contributed by atoms with E-state index in [9.17, 15) is 13.2 Å². The van der Waals surface area contributed by atoms with Crippen LogP contribution in [0, 0.1) is 6.57 Å². The zero-order chi connectivity index (χ0) is 19.3. The van der Waals surface area contributed by atoms with Crippen molar-refractivity contribution in [3.8, 4) is 0 Å². The number of halogens is 3. The molecular weight excluding hydrogens is 363 g/mol. The van der Waals surface area contributed by atoms with Gasteiger partial charge in [0.1, 0.15) is 5.82 Å². The summed E-state index contributed by atoms with van der Waals surface area (Å²) in [4.78, 5) is 14.7. The molecule has 1 aliphatic heterocycles. The molecule has 0 aromatic carbocycles. The van der Waals surface area contributed by atoms with E-state index in [0.717, 1.165) is 12.7 Å². The number of hydrogen-bond donors (Lipinski definition) is 3. The summed E-state index contributed by atoms with van der Waals surface area (Å²) in [5, 5.41) is 8.69. The smallest absolute Gasteiger partial charge is 0.382 e. The number of pyridine rings is 1. The largest absolute Gasteiger partial charge is 0.419 e. The maximum atomic E-state index is 13.3. The molecule has 1 atom stereocenters. The summed E-state index contributed by atoms with van der Waals surface area (Å²) in [5.74, 6) is 0.544. The Bertz CT molecular complexity index is 814. The topological polar surface area (TPSA) is 88.4 Å². The van der Waals surface area contributed by atoms with Gasteiger partial charge in [0.25, 0.3) is 5.82 Å². The fourth-order valence-electron chi connectivity index (χ4n) is 2.45. The van der Waals surface area contributed by atoms with Crippen LogP contribution in [0.5, 0.6) is 0 Å². The Kier molecular flexibility index (Phi) is 5.68. The van der Waals surface area contributed by atoms with Gasteiger partial charge in [0.05, 0.1) is 30.2 Å². The average Bonchev–Trinajstić information content (AvgIpc) is 2.67. The molecule has 1 aliphatic rings. The van der Waals surface area contributed by atoms with Crippen LogP contribution in [-0.4, -0.2) is 47.3 Å². The van der Waals surface area contributed by atoms with E-state index < -0.39 is 11.7 Å². The number of anilines is 3. The first-order valence-electron chi connectivity index (χ1n) is 8.05. The van der Waals surface area contributed by atoms with Crippen molar-refractivity contribution in [2.24, 2.45) is 0 Å². The van der Waals surface area contributed by atoms with Crippen LogP contribution in [0.4, 0.5) is 36.3 Å². The normalized spacial score (nSPS) is 17.2. The minimum Gasteiger partial charge on any atom is -0.382 e. The number of hydrogen-bond acceptors (Lipinski definition) is 7. The first-order valence-corrected chi connectivity index (χ1v) is 8.05. The van der Waals surface area contributed by atoms with Crippen molar-refractivity contribution in [3.05, 3.63) is 41.6 Å². The van der Waals surface area contributed by atoms with E-state index in [1.165, 1.54) is 18.5 Å². The highest BCUT2D eigenvalue weighted by molar-refractivity contribution is 5.62. The zero-order valence-electron chi connectivity index (χ0n) is 14.0. The van der Waals surface area contributed by atoms with Crippen molar-refractivity contribution in [2.45, 2.75) is 12.3 Å². The van der Waals surface area contributed by atoms with E-state index in [0.29, 0.717) is 13.2 Å². The standard InChI is InChI=1S/C16H16F3N7O/c1-20-14-8-25-15(9-24-14)26-13-4-12(11(7-23-13)16(17,18)19)22-6-10-5-21-2-3-27-10/h4,7-10,21H,2-3,5-6H2,(H2,22,23,25,26)/t10-/m1/s1. The summed E-state index contributed by atoms with van der Waals surface area (Å²) >= 11 is 0. The first-order chi connectivity index (χ1) is 13.0. The van der Waals surface area contributed by atoms with Gasteiger partial charge in [-0.1, -0.05) is 6.57 Å². The lowest BCUT2D eigenvalue weighted by Gasteiger charge is -2.25. The van der Waals surface area contributed by atoms with Gasteiger partial charge in [0.15, 0.2) is 12.0 Å². The van der Waals surface area contributed by atoms with E-state index in [-0.39, 0.29) is 35.8 Å². The Morgan fingerprint density at radius 3 is 2.67 bits per heavy atom. The van der Waals surface area contributed by atoms with Crippen LogP contribution in [0.3, 0.4) is 0 Å². The molecule has 27 heavy (non-hydrogen) atoms. The predicted octanol–water partition coefficient (Wildman–Crippen LogP) is 2.59. The summed E-state index contributed by atoms with van der Waals surface area (Å²) in [7, 11) is 0. The predicted molar refractivity (Wildman–Crippen MR) is 91.9 cm³/mol. The van der Waals surface area contributed by atoms with Crippen LogP contribution in [0.1, 0.15) is 5.56 Å². The maximum Gasteiger partial charge on any atom is 0.419 e. The van der Waals surface area contributed by atoms with E-state index in [2.05, 4.69) is 35.7 Å². The number of aromatic nitrogens is 3. The second kappa shape index (κ2) is 8.15. The number of nitrogens with one attached hydrogen (secondary N) is 3. The third kappa shape index (κ3) is 5.02. The molecule has 0 saturated carbocycles. The lowest BCUT2D eigenvalue weighted by atomic mass is 10.2. The SMILES string of the molecule is [C-]#[N+]c1cnc(Nc2cc(NC[C@H]3CNCCO3)c(C(F)(F)F)cn2)cn1. The van der Waals surface area contributed by atoms with Gasteiger partial charge in [0.2, 0.25) is 0 Å². The van der Waals surface area contributed by atoms with Gasteiger partial charge in [-0.25, -0.2) is 9.97 Å². The number of ether oxygens (including phenoxy) is 1. The molecule has 8 nitrogen and oxygen atoms in total. The molecule has 0 spiro atoms. The molecule has 0 radical (unpaired) electrons. The van der Waals surface area contributed by atoms with Crippen molar-refractivity contribution in [3.63, 3.8) is 0 Å². The maximum absolute atomic E-state index is 13.3. The highest BCUT2D eigenvalue weighted by atomic mass is 19.4. The van der Waals surface area contributed by atoms with E-state index in [1.807, 2.05) is 0 Å². The van der Waals surface area contributed by atoms with Gasteiger partial charge in [-0.2, -0.15) is 13.2 Å². The summed E-state index contributed by atoms with van der Waals surface area (Å²) < 4.78 is 45.3. The molecule has 1 fully saturated rings. The fraction of sp³-hybridized carbons (Fsp3) is 0.375. The molecule has 0 aliphatic carbocycles. The summed E-state index contributed by atoms with van der Waals surface area (Å²) in [6.45, 7) is 8.86. The van der Waals surface area contributed by atoms with Gasteiger partial charge in [-0.15, -0.1) is 4.98 Å². The monoisotopic (exact) mass is 379 g/mol. The molecule has 1 saturated heterocycles. The van der Waals surface area contributed by atoms with Crippen molar-refractivity contribution in [1.29, 1.82) is 0 Å². The second-order valence-corrected chi connectivity index (χ2v) is 5.69. The molecule has 0 unspecified atom stereocenters. The molecule has 11 heteroatoms. The summed E-state index contributed by atoms with van der Waals surface area (Å²) in [6, 6.07) is 1.25. The molecule has 142 valence electrons. The lowest BCUT2D eigenvalue weighted by Crippen LogP contribution is -2.42. The quantitative estimate of drug-likeness (QED) is 0.688. The van der Waals surface area contributed by atoms with Crippen LogP contribution in [-0.2, 0) is 10.9 Å². The Hall–Kier alpha value is -2.97. The number of alkyl halides is 3. The fourth-order valence-corrected chi connectivity index (χ4v) is 2.45. The summed E-state index contributed by atoms with van der Waals surface area (Å²) in [5.41, 5.74) is -0.980. The van der Waals surface area contributed by atoms with Crippen LogP contribution in [0.2, 0.25) is 0 Å². The molecular formula is C16H16F3N7O. The van der Waals surface area contributed by atoms with Crippen LogP contribution < -0.4 is 16.0 Å². The molecule has 3 rings (SSSR count). The summed E-state index contributed by atoms with van der Waals surface area (Å²) in [6.07, 6.45) is -1.45. The molecule has 3 N–H and O–H groups in total. The second-order valence-electron chi connectivity index (χ2n) is 5.69. The van der Waals surface area contributed by atoms with Gasteiger partial charge >= 0.3 is 6.18 Å². The first kappa shape index (κ1) is 18.8. The van der Waals surface area contributed by atoms with Crippen molar-refractivity contribution in [1.82, 2.24) is 20.3 Å². The third-order valence-corrected chi connectivity index (χ3v) is 3.74. The zero-order valence-corrected chi connectivity index (χ0v) is 14.0. The number of rotatable bonds is 5. The van der Waals surface area contributed by atoms with Crippen LogP contribution in [0.25, 0.3) is 4.85 Å². The highest BCUT2D eigenvalue weighted by Crippen LogP contribution is 2.35. The van der Waals surface area contributed by atoms with Gasteiger partial charge < -0.3 is 25.5 Å². The number of morpholine rings is 1. The van der Waals surface area contributed by atoms with Gasteiger partial charge in [0, 0.05) is 31.9 Å². The minimum atomic E-state index is -4.55. The van der Waals surface area contributed by atoms with Gasteiger partial charge in [-0.05, 0) is 0 Å². The third-order valence-electron chi connectivity index (χ3n) is 3.74. The Morgan fingerprint density at radius 1 is 1.22 bits per heavy atom. The molecule has 0 bridgehead atoms. The lowest BCUT2D eigenvalue weighted by molar-refractivity contribution is -0.137. The van der Waals surface area contributed by atoms with Crippen molar-refractivity contribution >= 4 is 23.1 Å². The molecule has 3 heterocycles. The van der Waals surface area contributed by atoms with Crippen LogP contribution in [0.15, 0.2) is 24.7 Å². The van der Waals surface area contributed by atoms with Crippen molar-refractivity contribution < 1.29 is 17.9 Å². The molecule has 2 aromatic rings. The van der Waals surface area contributed by atoms with E-state index in [4.69, 9.17) is 11.3 Å². The Labute approximate surface area is 153 Å². The highest BCUT2D eigenvalue weighted by Gasteiger charge is 2.34. The van der Waals surface area contributed by atoms with Crippen molar-refractivity contribution in [2.75, 3.05) is 36.9 Å². The van der Waals surface area contributed by atoms with Crippen LogP contribution >= 0.6 is 0 Å². The molecule has 0 amide bonds. The van der Waals surface area contributed by atoms with Gasteiger partial charge in [-0.3, -0.25) is 0 Å². The minimum absolute atomic E-state index is 0.111.